The molecule has 0 radical (unpaired) electrons. The first-order valence-electron chi connectivity index (χ1n) is 17.1. The first kappa shape index (κ1) is 51.4. The van der Waals surface area contributed by atoms with E-state index in [-0.39, 0.29) is 93.2 Å². The van der Waals surface area contributed by atoms with Crippen LogP contribution in [0.15, 0.2) is 37.6 Å². The predicted octanol–water partition coefficient (Wildman–Crippen LogP) is -7.24. The van der Waals surface area contributed by atoms with Crippen molar-refractivity contribution < 1.29 is 58.5 Å². The first-order chi connectivity index (χ1) is 27.0. The van der Waals surface area contributed by atoms with Gasteiger partial charge in [-0.1, -0.05) is 0 Å². The molecule has 6 amide bonds. The van der Waals surface area contributed by atoms with Gasteiger partial charge in [0.05, 0.1) is 55.0 Å². The number of amides is 6. The quantitative estimate of drug-likeness (QED) is 0.0451. The minimum atomic E-state index is -1.37. The van der Waals surface area contributed by atoms with Crippen LogP contribution in [0.1, 0.15) is 57.1 Å². The number of nitrogens with one attached hydrogen (secondary N) is 9. The molecule has 0 saturated carbocycles. The molecule has 24 nitrogen and oxygen atoms in total. The van der Waals surface area contributed by atoms with Gasteiger partial charge < -0.3 is 76.6 Å². The van der Waals surface area contributed by atoms with Crippen LogP contribution in [0.4, 0.5) is 0 Å². The molecule has 3 atom stereocenters. The smallest absolute Gasteiger partial charge is 0.548 e. The Kier molecular flexibility index (Phi) is 25.5. The van der Waals surface area contributed by atoms with Gasteiger partial charge in [0.25, 0.3) is 0 Å². The van der Waals surface area contributed by atoms with Crippen molar-refractivity contribution in [2.24, 2.45) is 0 Å². The molecule has 0 aromatic carbocycles. The van der Waals surface area contributed by atoms with Crippen molar-refractivity contribution >= 4 is 70.7 Å². The maximum Gasteiger partial charge on any atom is 3.00 e. The normalized spacial score (nSPS) is 11.4. The number of imidazole rings is 3. The molecule has 58 heavy (non-hydrogen) atoms. The molecule has 9 N–H and O–H groups in total. The van der Waals surface area contributed by atoms with Crippen LogP contribution in [0, 0.1) is 0 Å². The van der Waals surface area contributed by atoms with E-state index in [1.165, 1.54) is 58.3 Å². The van der Waals surface area contributed by atoms with Gasteiger partial charge in [0.15, 0.2) is 0 Å². The van der Waals surface area contributed by atoms with Gasteiger partial charge in [-0.25, -0.2) is 15.0 Å². The van der Waals surface area contributed by atoms with Gasteiger partial charge in [-0.3, -0.25) is 28.8 Å². The van der Waals surface area contributed by atoms with Crippen molar-refractivity contribution in [1.82, 2.24) is 61.8 Å². The SMILES string of the molecule is CC(=O)NCCC(=O)N[C@@H](Cc1cnc[nH]1)C(=O)[O-].CC(=O)NCCC(=O)N[C@@H](Cc1cnc[nH]1)C(=O)[O-].CC(=O)NCCC(=O)N[C@@H](Cc1cnc[nH]1)C(=O)[O-].[Al+3]. The molecule has 312 valence electrons. The van der Waals surface area contributed by atoms with Crippen molar-refractivity contribution in [2.45, 2.75) is 77.4 Å². The van der Waals surface area contributed by atoms with Crippen molar-refractivity contribution in [3.05, 3.63) is 54.7 Å². The van der Waals surface area contributed by atoms with Crippen LogP contribution in [-0.4, -0.2) is 138 Å². The van der Waals surface area contributed by atoms with Gasteiger partial charge in [0.2, 0.25) is 35.4 Å². The van der Waals surface area contributed by atoms with Crippen LogP contribution in [0.5, 0.6) is 0 Å². The van der Waals surface area contributed by atoms with Gasteiger partial charge >= 0.3 is 17.4 Å². The molecule has 3 aromatic heterocycles. The van der Waals surface area contributed by atoms with Crippen molar-refractivity contribution in [3.8, 4) is 0 Å². The Labute approximate surface area is 342 Å². The predicted molar refractivity (Wildman–Crippen MR) is 193 cm³/mol. The van der Waals surface area contributed by atoms with Crippen LogP contribution in [0.3, 0.4) is 0 Å². The number of hydrogen-bond donors (Lipinski definition) is 9. The number of aromatic amines is 3. The van der Waals surface area contributed by atoms with Gasteiger partial charge in [-0.05, 0) is 0 Å². The number of aromatic nitrogens is 6. The minimum Gasteiger partial charge on any atom is -0.548 e. The standard InChI is InChI=1S/3C11H16N4O4.Al/c3*1-7(16)13-3-2-10(17)15-9(11(18)19)4-8-5-12-6-14-8;/h3*5-6,9H,2-4H2,1H3,(H,12,14)(H,13,16)(H,15,17)(H,18,19);/q;;;+3/p-3/t3*9-;/m000./s1. The van der Waals surface area contributed by atoms with Crippen molar-refractivity contribution in [2.75, 3.05) is 19.6 Å². The molecular formula is C33H45AlN12O12. The molecule has 0 spiro atoms. The summed E-state index contributed by atoms with van der Waals surface area (Å²) >= 11 is 0. The summed E-state index contributed by atoms with van der Waals surface area (Å²) in [7, 11) is 0. The molecule has 3 heterocycles. The molecule has 0 unspecified atom stereocenters. The summed E-state index contributed by atoms with van der Waals surface area (Å²) in [5.41, 5.74) is 1.74. The zero-order valence-corrected chi connectivity index (χ0v) is 33.0. The fourth-order valence-electron chi connectivity index (χ4n) is 4.28. The van der Waals surface area contributed by atoms with Gasteiger partial charge in [-0.15, -0.1) is 0 Å². The molecule has 0 fully saturated rings. The molecule has 0 aliphatic heterocycles. The number of carbonyl (C=O) groups is 9. The average Bonchev–Trinajstić information content (AvgIpc) is 3.93. The number of carboxylic acids is 3. The molecular weight excluding hydrogens is 783 g/mol. The topological polar surface area (TPSA) is 381 Å². The van der Waals surface area contributed by atoms with E-state index >= 15 is 0 Å². The van der Waals surface area contributed by atoms with Crippen LogP contribution >= 0.6 is 0 Å². The third-order valence-corrected chi connectivity index (χ3v) is 6.97. The third kappa shape index (κ3) is 24.7. The third-order valence-electron chi connectivity index (χ3n) is 6.97. The fraction of sp³-hybridized carbons (Fsp3) is 0.455. The molecule has 0 saturated heterocycles. The maximum absolute atomic E-state index is 11.5. The zero-order chi connectivity index (χ0) is 42.8. The van der Waals surface area contributed by atoms with Gasteiger partial charge in [0.1, 0.15) is 0 Å². The Bertz CT molecular complexity index is 1540. The Hall–Kier alpha value is -6.61. The van der Waals surface area contributed by atoms with E-state index in [1.807, 2.05) is 0 Å². The maximum atomic E-state index is 11.5. The molecule has 25 heteroatoms. The second-order valence-electron chi connectivity index (χ2n) is 11.9. The molecule has 0 bridgehead atoms. The zero-order valence-electron chi connectivity index (χ0n) is 31.9. The number of carbonyl (C=O) groups excluding carboxylic acids is 9. The van der Waals surface area contributed by atoms with Crippen molar-refractivity contribution in [3.63, 3.8) is 0 Å². The Morgan fingerprint density at radius 3 is 0.914 bits per heavy atom. The Morgan fingerprint density at radius 1 is 0.500 bits per heavy atom. The fourth-order valence-corrected chi connectivity index (χ4v) is 4.28. The summed E-state index contributed by atoms with van der Waals surface area (Å²) in [6.07, 6.45) is 8.88. The van der Waals surface area contributed by atoms with Crippen LogP contribution in [0.25, 0.3) is 0 Å². The molecule has 3 rings (SSSR count). The second kappa shape index (κ2) is 28.7. The average molecular weight is 829 g/mol. The van der Waals surface area contributed by atoms with E-state index in [2.05, 4.69) is 61.8 Å². The summed E-state index contributed by atoms with van der Waals surface area (Å²) in [6, 6.07) is -3.40. The summed E-state index contributed by atoms with van der Waals surface area (Å²) in [5, 5.41) is 47.1. The monoisotopic (exact) mass is 828 g/mol. The summed E-state index contributed by atoms with van der Waals surface area (Å²) in [5.74, 6) is -6.27. The van der Waals surface area contributed by atoms with E-state index in [0.29, 0.717) is 17.1 Å². The first-order valence-corrected chi connectivity index (χ1v) is 17.1. The molecule has 0 aliphatic rings. The number of H-pyrrole nitrogens is 3. The van der Waals surface area contributed by atoms with E-state index in [1.54, 1.807) is 0 Å². The largest absolute Gasteiger partial charge is 3.00 e. The number of nitrogens with zero attached hydrogens (tertiary/aromatic N) is 3. The number of hydrogen-bond acceptors (Lipinski definition) is 15. The van der Waals surface area contributed by atoms with E-state index < -0.39 is 53.8 Å². The number of carboxylic acid groups (broad SMARTS) is 3. The number of aliphatic carboxylic acids is 3. The van der Waals surface area contributed by atoms with Gasteiger partial charge in [-0.2, -0.15) is 0 Å². The summed E-state index contributed by atoms with van der Waals surface area (Å²) in [4.78, 5) is 119. The van der Waals surface area contributed by atoms with Crippen LogP contribution in [0.2, 0.25) is 0 Å². The summed E-state index contributed by atoms with van der Waals surface area (Å²) < 4.78 is 0. The Balaban J connectivity index is 0.000000833. The van der Waals surface area contributed by atoms with Crippen molar-refractivity contribution in [1.29, 1.82) is 0 Å². The van der Waals surface area contributed by atoms with Gasteiger partial charge in [0, 0.05) is 115 Å². The number of rotatable bonds is 21. The minimum absolute atomic E-state index is 0. The van der Waals surface area contributed by atoms with E-state index in [9.17, 15) is 58.5 Å². The van der Waals surface area contributed by atoms with E-state index in [4.69, 9.17) is 0 Å². The van der Waals surface area contributed by atoms with E-state index in [0.717, 1.165) is 0 Å². The second-order valence-corrected chi connectivity index (χ2v) is 11.9. The Morgan fingerprint density at radius 2 is 0.741 bits per heavy atom. The summed E-state index contributed by atoms with van der Waals surface area (Å²) in [6.45, 7) is 4.47. The van der Waals surface area contributed by atoms with Crippen LogP contribution < -0.4 is 47.2 Å². The van der Waals surface area contributed by atoms with Crippen LogP contribution in [-0.2, 0) is 62.4 Å². The molecule has 0 aliphatic carbocycles. The molecule has 3 aromatic rings.